The standard InChI is InChI=1S/2C26H33ClO5/c2*1-13-8-6-7-9-14(2)31-25(30)16(4)22(28)21(27)23(29)20-18(13)11-10-17-12-26(5)24(32-26)15(3)19(17)20/h2*6-11,13-20,24,29H,12H2,1-5H3/b8-6-,9-7+,23-21?;8-6-,9-7+,23-21+/t2*13-,14+,15+,16+,17-,18+,19?,20?,24+,26-/m11/s1. The average Bonchev–Trinajstić information content (AvgIpc) is 4.16. The number of fused-ring (bicyclic) bond motifs is 8. The Morgan fingerprint density at radius 1 is 0.531 bits per heavy atom. The lowest BCUT2D eigenvalue weighted by atomic mass is 9.57. The Bertz CT molecular complexity index is 1980. The van der Waals surface area contributed by atoms with Crippen molar-refractivity contribution in [1.82, 2.24) is 0 Å². The Balaban J connectivity index is 0.000000191. The maximum Gasteiger partial charge on any atom is 0.317 e. The molecule has 0 radical (unpaired) electrons. The molecule has 4 fully saturated rings. The van der Waals surface area contributed by atoms with Gasteiger partial charge >= 0.3 is 11.9 Å². The number of aliphatic hydroxyl groups is 2. The predicted octanol–water partition coefficient (Wildman–Crippen LogP) is 10.3. The summed E-state index contributed by atoms with van der Waals surface area (Å²) in [6.07, 6.45) is 25.3. The predicted molar refractivity (Wildman–Crippen MR) is 246 cm³/mol. The summed E-state index contributed by atoms with van der Waals surface area (Å²) in [6.45, 7) is 19.3. The van der Waals surface area contributed by atoms with Gasteiger partial charge < -0.3 is 29.2 Å². The minimum atomic E-state index is -1.09. The smallest absolute Gasteiger partial charge is 0.317 e. The van der Waals surface area contributed by atoms with E-state index < -0.39 is 47.5 Å². The van der Waals surface area contributed by atoms with Crippen LogP contribution in [0.3, 0.4) is 0 Å². The SMILES string of the molecule is C[C@@H]1C(=O)O[C@@H](C)/C=C/C=C\[C@@H](C)[C@@H]2C=C[C@@H]3C[C@@]4(C)O[C@H]4[C@@H](C)C3C2/C(O)=C(\Cl)C1=O.C[C@@H]1C(=O)O[C@@H](C)/C=C/C=C\[C@@H](C)[C@@H]2C=C[C@@H]3C[C@@]4(C)O[C@H]4[C@@H](C)C3C2C(O)=C(Cl)C1=O. The first-order chi connectivity index (χ1) is 30.1. The van der Waals surface area contributed by atoms with Crippen molar-refractivity contribution < 1.29 is 48.3 Å². The van der Waals surface area contributed by atoms with E-state index in [1.54, 1.807) is 26.0 Å². The lowest BCUT2D eigenvalue weighted by Crippen LogP contribution is -2.46. The molecule has 8 rings (SSSR count). The van der Waals surface area contributed by atoms with E-state index in [1.807, 2.05) is 24.3 Å². The summed E-state index contributed by atoms with van der Waals surface area (Å²) in [4.78, 5) is 51.0. The molecule has 2 saturated heterocycles. The molecule has 4 aliphatic carbocycles. The molecule has 0 aromatic carbocycles. The van der Waals surface area contributed by atoms with Crippen molar-refractivity contribution in [1.29, 1.82) is 0 Å². The number of carbonyl (C=O) groups excluding carboxylic acids is 4. The van der Waals surface area contributed by atoms with E-state index in [2.05, 4.69) is 78.0 Å². The van der Waals surface area contributed by atoms with Crippen LogP contribution in [-0.4, -0.2) is 69.3 Å². The fourth-order valence-corrected chi connectivity index (χ4v) is 12.7. The number of carbonyl (C=O) groups is 4. The number of hydrogen-bond acceptors (Lipinski definition) is 10. The summed E-state index contributed by atoms with van der Waals surface area (Å²) in [7, 11) is 0. The first-order valence-corrected chi connectivity index (χ1v) is 23.9. The van der Waals surface area contributed by atoms with Crippen molar-refractivity contribution in [3.8, 4) is 0 Å². The second-order valence-corrected chi connectivity index (χ2v) is 21.2. The van der Waals surface area contributed by atoms with E-state index in [4.69, 9.17) is 42.1 Å². The molecule has 348 valence electrons. The molecule has 20 atom stereocenters. The third-order valence-electron chi connectivity index (χ3n) is 15.8. The van der Waals surface area contributed by atoms with Gasteiger partial charge in [-0.2, -0.15) is 0 Å². The minimum absolute atomic E-state index is 0.0318. The third kappa shape index (κ3) is 9.19. The van der Waals surface area contributed by atoms with Gasteiger partial charge in [0.25, 0.3) is 0 Å². The van der Waals surface area contributed by atoms with Gasteiger partial charge in [-0.3, -0.25) is 19.2 Å². The van der Waals surface area contributed by atoms with Crippen molar-refractivity contribution in [3.05, 3.63) is 94.5 Å². The lowest BCUT2D eigenvalue weighted by Gasteiger charge is -2.46. The number of halogens is 2. The minimum Gasteiger partial charge on any atom is -0.510 e. The fraction of sp³-hybridized carbons (Fsp3) is 0.615. The number of esters is 2. The Morgan fingerprint density at radius 3 is 1.23 bits per heavy atom. The second kappa shape index (κ2) is 18.5. The van der Waals surface area contributed by atoms with E-state index in [1.165, 1.54) is 13.8 Å². The van der Waals surface area contributed by atoms with Crippen LogP contribution in [0.1, 0.15) is 82.1 Å². The highest BCUT2D eigenvalue weighted by Gasteiger charge is 2.65. The highest BCUT2D eigenvalue weighted by Crippen LogP contribution is 2.62. The van der Waals surface area contributed by atoms with E-state index >= 15 is 0 Å². The first kappa shape index (κ1) is 48.2. The maximum absolute atomic E-state index is 13.0. The molecule has 64 heavy (non-hydrogen) atoms. The molecule has 2 N–H and O–H groups in total. The molecule has 4 heterocycles. The summed E-state index contributed by atoms with van der Waals surface area (Å²) in [5.74, 6) is -4.41. The molecule has 8 aliphatic rings. The Labute approximate surface area is 388 Å². The summed E-state index contributed by atoms with van der Waals surface area (Å²) in [5, 5.41) is 22.3. The van der Waals surface area contributed by atoms with Gasteiger partial charge in [-0.05, 0) is 126 Å². The van der Waals surface area contributed by atoms with Gasteiger partial charge in [0.15, 0.2) is 11.6 Å². The Hall–Kier alpha value is -3.70. The number of Topliss-reactive ketones (excluding diaryl/α,β-unsaturated/α-hetero) is 2. The van der Waals surface area contributed by atoms with Gasteiger partial charge in [-0.1, -0.05) is 112 Å². The first-order valence-electron chi connectivity index (χ1n) is 23.2. The van der Waals surface area contributed by atoms with Gasteiger partial charge in [0, 0.05) is 11.8 Å². The second-order valence-electron chi connectivity index (χ2n) is 20.4. The largest absolute Gasteiger partial charge is 0.510 e. The molecule has 4 unspecified atom stereocenters. The quantitative estimate of drug-likeness (QED) is 0.104. The normalized spacial score (nSPS) is 49.8. The van der Waals surface area contributed by atoms with E-state index in [0.717, 1.165) is 12.8 Å². The van der Waals surface area contributed by atoms with Crippen molar-refractivity contribution in [2.45, 2.75) is 118 Å². The van der Waals surface area contributed by atoms with Gasteiger partial charge in [-0.25, -0.2) is 0 Å². The zero-order valence-electron chi connectivity index (χ0n) is 38.7. The molecule has 0 spiro atoms. The fourth-order valence-electron chi connectivity index (χ4n) is 12.1. The van der Waals surface area contributed by atoms with Crippen LogP contribution in [0.4, 0.5) is 0 Å². The monoisotopic (exact) mass is 920 g/mol. The van der Waals surface area contributed by atoms with Crippen LogP contribution in [0.15, 0.2) is 94.5 Å². The van der Waals surface area contributed by atoms with Gasteiger partial charge in [0.1, 0.15) is 45.6 Å². The summed E-state index contributed by atoms with van der Waals surface area (Å²) in [6, 6.07) is 0. The van der Waals surface area contributed by atoms with Crippen LogP contribution in [0.5, 0.6) is 0 Å². The van der Waals surface area contributed by atoms with Crippen molar-refractivity contribution >= 4 is 46.7 Å². The van der Waals surface area contributed by atoms with Crippen LogP contribution < -0.4 is 0 Å². The summed E-state index contributed by atoms with van der Waals surface area (Å²) in [5.41, 5.74) is -0.215. The molecular weight excluding hydrogens is 855 g/mol. The number of hydrogen-bond donors (Lipinski definition) is 2. The summed E-state index contributed by atoms with van der Waals surface area (Å²) < 4.78 is 22.8. The van der Waals surface area contributed by atoms with E-state index in [-0.39, 0.29) is 116 Å². The number of rotatable bonds is 0. The third-order valence-corrected chi connectivity index (χ3v) is 16.5. The van der Waals surface area contributed by atoms with E-state index in [9.17, 15) is 29.4 Å². The maximum atomic E-state index is 13.0. The number of ether oxygens (including phenoxy) is 4. The van der Waals surface area contributed by atoms with Gasteiger partial charge in [0.2, 0.25) is 0 Å². The van der Waals surface area contributed by atoms with Crippen LogP contribution in [0, 0.1) is 82.9 Å². The number of ketones is 2. The van der Waals surface area contributed by atoms with Crippen LogP contribution in [0.2, 0.25) is 0 Å². The molecule has 0 bridgehead atoms. The zero-order valence-corrected chi connectivity index (χ0v) is 40.2. The average molecular weight is 922 g/mol. The molecule has 0 aromatic rings. The van der Waals surface area contributed by atoms with Crippen molar-refractivity contribution in [2.75, 3.05) is 0 Å². The van der Waals surface area contributed by atoms with Crippen LogP contribution in [-0.2, 0) is 38.1 Å². The highest BCUT2D eigenvalue weighted by molar-refractivity contribution is 6.44. The summed E-state index contributed by atoms with van der Waals surface area (Å²) >= 11 is 13.0. The molecular formula is C52H66Cl2O10. The topological polar surface area (TPSA) is 152 Å². The molecule has 0 aromatic heterocycles. The number of allylic oxidation sites excluding steroid dienone is 14. The van der Waals surface area contributed by atoms with Gasteiger partial charge in [-0.15, -0.1) is 0 Å². The van der Waals surface area contributed by atoms with Crippen LogP contribution >= 0.6 is 23.2 Å². The molecule has 2 saturated carbocycles. The molecule has 10 nitrogen and oxygen atoms in total. The lowest BCUT2D eigenvalue weighted by molar-refractivity contribution is -0.154. The van der Waals surface area contributed by atoms with Crippen molar-refractivity contribution in [3.63, 3.8) is 0 Å². The number of epoxide rings is 2. The molecule has 0 amide bonds. The molecule has 4 aliphatic heterocycles. The molecule has 12 heteroatoms. The number of aliphatic hydroxyl groups excluding tert-OH is 2. The van der Waals surface area contributed by atoms with Crippen molar-refractivity contribution in [2.24, 2.45) is 82.9 Å². The zero-order chi connectivity index (χ0) is 46.7. The Morgan fingerprint density at radius 2 is 0.875 bits per heavy atom. The highest BCUT2D eigenvalue weighted by atomic mass is 35.5. The van der Waals surface area contributed by atoms with Gasteiger partial charge in [0.05, 0.1) is 23.4 Å². The van der Waals surface area contributed by atoms with Crippen LogP contribution in [0.25, 0.3) is 0 Å². The number of cyclic esters (lactones) is 2. The Kier molecular flexibility index (Phi) is 14.0. The van der Waals surface area contributed by atoms with E-state index in [0.29, 0.717) is 0 Å².